The van der Waals surface area contributed by atoms with Crippen LogP contribution < -0.4 is 0 Å². The van der Waals surface area contributed by atoms with Gasteiger partial charge in [-0.3, -0.25) is 9.97 Å². The van der Waals surface area contributed by atoms with Gasteiger partial charge in [0, 0.05) is 45.6 Å². The number of para-hydroxylation sites is 2. The van der Waals surface area contributed by atoms with Crippen molar-refractivity contribution in [1.29, 1.82) is 0 Å². The van der Waals surface area contributed by atoms with Crippen molar-refractivity contribution in [3.63, 3.8) is 0 Å². The Morgan fingerprint density at radius 1 is 0.387 bits per heavy atom. The lowest BCUT2D eigenvalue weighted by atomic mass is 9.84. The molecular weight excluding hydrogens is 751 g/mol. The van der Waals surface area contributed by atoms with Crippen LogP contribution in [-0.2, 0) is 0 Å². The van der Waals surface area contributed by atoms with E-state index in [9.17, 15) is 0 Å². The van der Waals surface area contributed by atoms with Gasteiger partial charge in [0.2, 0.25) is 0 Å². The van der Waals surface area contributed by atoms with Crippen molar-refractivity contribution in [1.82, 2.24) is 14.5 Å². The molecule has 0 amide bonds. The van der Waals surface area contributed by atoms with Gasteiger partial charge in [-0.05, 0) is 102 Å². The maximum Gasteiger partial charge on any atom is 0.0971 e. The van der Waals surface area contributed by atoms with Crippen molar-refractivity contribution in [3.8, 4) is 22.3 Å². The van der Waals surface area contributed by atoms with Crippen molar-refractivity contribution >= 4 is 87.2 Å². The summed E-state index contributed by atoms with van der Waals surface area (Å²) in [4.78, 5) is 9.55. The fourth-order valence-corrected chi connectivity index (χ4v) is 10.4. The molecule has 288 valence electrons. The van der Waals surface area contributed by atoms with Gasteiger partial charge in [0.15, 0.2) is 0 Å². The summed E-state index contributed by atoms with van der Waals surface area (Å²) in [7, 11) is 0. The summed E-state index contributed by atoms with van der Waals surface area (Å²) in [5.74, 6) is 0.120. The first kappa shape index (κ1) is 34.7. The van der Waals surface area contributed by atoms with Crippen LogP contribution in [0.1, 0.15) is 5.56 Å². The number of nitrogens with zero attached hydrogens (tertiary/aromatic N) is 3. The third-order valence-electron chi connectivity index (χ3n) is 13.2. The maximum absolute atomic E-state index is 4.80. The van der Waals surface area contributed by atoms with Gasteiger partial charge in [0.25, 0.3) is 0 Å². The fraction of sp³-hybridized carbons (Fsp3) is 0.0169. The highest BCUT2D eigenvalue weighted by Crippen LogP contribution is 2.44. The Morgan fingerprint density at radius 2 is 0.903 bits per heavy atom. The zero-order chi connectivity index (χ0) is 40.7. The zero-order valence-electron chi connectivity index (χ0n) is 33.7. The minimum atomic E-state index is 0.120. The highest BCUT2D eigenvalue weighted by molar-refractivity contribution is 6.24. The first-order valence-electron chi connectivity index (χ1n) is 21.4. The predicted octanol–water partition coefficient (Wildman–Crippen LogP) is 15.3. The Balaban J connectivity index is 0.955. The molecule has 2 heterocycles. The highest BCUT2D eigenvalue weighted by atomic mass is 15.0. The lowest BCUT2D eigenvalue weighted by molar-refractivity contribution is 0.994. The van der Waals surface area contributed by atoms with Crippen LogP contribution in [0.25, 0.3) is 109 Å². The van der Waals surface area contributed by atoms with Crippen LogP contribution in [0.15, 0.2) is 224 Å². The number of hydrogen-bond donors (Lipinski definition) is 0. The number of aromatic nitrogens is 3. The monoisotopic (exact) mass is 787 g/mol. The normalized spacial score (nSPS) is 15.1. The molecule has 1 atom stereocenters. The first-order valence-corrected chi connectivity index (χ1v) is 21.4. The standard InChI is InChI=1S/C59H37N3/c1-2-14-40-37(13-1)35-39(62-56-23-11-9-20-51(56)52-21-10-12-24-57(52)62)26-28-47(40)48-31-32-50(45-18-6-5-17-44(45)48)49-30-29-41(42-15-3-4-16-43(42)49)38-25-27-54-55(36-38)46-19-7-8-22-53(46)58-59(54)61-34-33-60-58/h1-37H. The molecule has 3 heteroatoms. The number of hydrogen-bond acceptors (Lipinski definition) is 2. The predicted molar refractivity (Wildman–Crippen MR) is 262 cm³/mol. The minimum absolute atomic E-state index is 0.120. The van der Waals surface area contributed by atoms with E-state index >= 15 is 0 Å². The highest BCUT2D eigenvalue weighted by Gasteiger charge is 2.23. The molecule has 11 aromatic rings. The third-order valence-corrected chi connectivity index (χ3v) is 13.2. The molecule has 9 aromatic carbocycles. The van der Waals surface area contributed by atoms with Crippen molar-refractivity contribution in [3.05, 3.63) is 230 Å². The molecule has 0 fully saturated rings. The van der Waals surface area contributed by atoms with E-state index in [0.717, 1.165) is 21.8 Å². The van der Waals surface area contributed by atoms with Gasteiger partial charge in [-0.2, -0.15) is 0 Å². The van der Waals surface area contributed by atoms with Crippen LogP contribution in [0.3, 0.4) is 0 Å². The molecule has 3 nitrogen and oxygen atoms in total. The Kier molecular flexibility index (Phi) is 7.67. The fourth-order valence-electron chi connectivity index (χ4n) is 10.4. The second kappa shape index (κ2) is 13.7. The summed E-state index contributed by atoms with van der Waals surface area (Å²) < 4.78 is 2.43. The second-order valence-electron chi connectivity index (χ2n) is 16.4. The molecule has 0 radical (unpaired) electrons. The number of allylic oxidation sites excluding steroid dienone is 10. The largest absolute Gasteiger partial charge is 0.310 e. The summed E-state index contributed by atoms with van der Waals surface area (Å²) >= 11 is 0. The Morgan fingerprint density at radius 3 is 1.56 bits per heavy atom. The third kappa shape index (κ3) is 5.18. The molecule has 13 rings (SSSR count). The summed E-state index contributed by atoms with van der Waals surface area (Å²) in [5.41, 5.74) is 14.1. The van der Waals surface area contributed by atoms with Crippen molar-refractivity contribution < 1.29 is 0 Å². The lowest BCUT2D eigenvalue weighted by Crippen LogP contribution is -2.03. The second-order valence-corrected chi connectivity index (χ2v) is 16.4. The molecule has 0 N–H and O–H groups in total. The van der Waals surface area contributed by atoms with E-state index < -0.39 is 0 Å². The van der Waals surface area contributed by atoms with E-state index in [-0.39, 0.29) is 5.92 Å². The van der Waals surface area contributed by atoms with Crippen LogP contribution in [0.4, 0.5) is 0 Å². The molecule has 2 aliphatic rings. The quantitative estimate of drug-likeness (QED) is 0.166. The van der Waals surface area contributed by atoms with Crippen molar-refractivity contribution in [2.24, 2.45) is 5.92 Å². The average molecular weight is 788 g/mol. The van der Waals surface area contributed by atoms with Crippen LogP contribution in [-0.4, -0.2) is 14.5 Å². The molecule has 0 saturated carbocycles. The molecule has 2 aromatic heterocycles. The minimum Gasteiger partial charge on any atom is -0.310 e. The van der Waals surface area contributed by atoms with E-state index in [1.54, 1.807) is 12.4 Å². The summed E-state index contributed by atoms with van der Waals surface area (Å²) in [6.07, 6.45) is 19.7. The molecule has 0 saturated heterocycles. The Bertz CT molecular complexity index is 3780. The molecule has 0 spiro atoms. The van der Waals surface area contributed by atoms with Gasteiger partial charge < -0.3 is 4.57 Å². The van der Waals surface area contributed by atoms with E-state index in [1.165, 1.54) is 98.8 Å². The maximum atomic E-state index is 4.80. The van der Waals surface area contributed by atoms with Gasteiger partial charge in [-0.1, -0.05) is 176 Å². The van der Waals surface area contributed by atoms with Crippen LogP contribution in [0, 0.1) is 5.92 Å². The Labute approximate surface area is 358 Å². The van der Waals surface area contributed by atoms with E-state index in [1.807, 2.05) is 0 Å². The molecular formula is C59H37N3. The Hall–Kier alpha value is -8.14. The lowest BCUT2D eigenvalue weighted by Gasteiger charge is -2.20. The smallest absolute Gasteiger partial charge is 0.0971 e. The molecule has 62 heavy (non-hydrogen) atoms. The van der Waals surface area contributed by atoms with E-state index in [4.69, 9.17) is 9.97 Å². The number of fused-ring (bicyclic) bond motifs is 12. The topological polar surface area (TPSA) is 30.7 Å². The van der Waals surface area contributed by atoms with Crippen LogP contribution in [0.5, 0.6) is 0 Å². The van der Waals surface area contributed by atoms with E-state index in [0.29, 0.717) is 0 Å². The first-order chi connectivity index (χ1) is 30.8. The summed E-state index contributed by atoms with van der Waals surface area (Å²) in [6.45, 7) is 0. The zero-order valence-corrected chi connectivity index (χ0v) is 33.7. The average Bonchev–Trinajstić information content (AvgIpc) is 3.56. The van der Waals surface area contributed by atoms with Gasteiger partial charge in [0.05, 0.1) is 22.1 Å². The number of rotatable bonds is 4. The molecule has 0 bridgehead atoms. The molecule has 1 unspecified atom stereocenters. The van der Waals surface area contributed by atoms with Gasteiger partial charge >= 0.3 is 0 Å². The SMILES string of the molecule is C1=CC2=C(c3ccc(-c4ccc(-c5ccc6c(c5)c5ccccc5c5nccnc65)c5ccccc45)c4ccccc34)C=CC(n3c4ccccc4c4ccccc43)=CC2C=C1. The van der Waals surface area contributed by atoms with Crippen molar-refractivity contribution in [2.45, 2.75) is 0 Å². The van der Waals surface area contributed by atoms with Crippen molar-refractivity contribution in [2.75, 3.05) is 0 Å². The van der Waals surface area contributed by atoms with Crippen LogP contribution in [0.2, 0.25) is 0 Å². The van der Waals surface area contributed by atoms with Gasteiger partial charge in [0.1, 0.15) is 0 Å². The van der Waals surface area contributed by atoms with E-state index in [2.05, 4.69) is 211 Å². The number of benzene rings is 9. The molecule has 2 aliphatic carbocycles. The molecule has 0 aliphatic heterocycles. The van der Waals surface area contributed by atoms with Gasteiger partial charge in [-0.15, -0.1) is 0 Å². The summed E-state index contributed by atoms with van der Waals surface area (Å²) in [5, 5.41) is 12.1. The van der Waals surface area contributed by atoms with Crippen LogP contribution >= 0.6 is 0 Å². The van der Waals surface area contributed by atoms with Gasteiger partial charge in [-0.25, -0.2) is 0 Å². The summed E-state index contributed by atoms with van der Waals surface area (Å²) in [6, 6.07) is 60.0.